The van der Waals surface area contributed by atoms with Crippen molar-refractivity contribution in [2.45, 2.75) is 46.6 Å². The highest BCUT2D eigenvalue weighted by atomic mass is 16.2. The lowest BCUT2D eigenvalue weighted by Gasteiger charge is -2.41. The van der Waals surface area contributed by atoms with Gasteiger partial charge in [-0.3, -0.25) is 15.1 Å². The standard InChI is InChI=1S/C12H25N3O/c1-9(11(16)14-13)10(2)15-7-5-12(3,4)6-8-15/h9-10H,5-8,13H2,1-4H3,(H,14,16). The fourth-order valence-electron chi connectivity index (χ4n) is 2.20. The van der Waals surface area contributed by atoms with Gasteiger partial charge in [-0.2, -0.15) is 0 Å². The van der Waals surface area contributed by atoms with Crippen molar-refractivity contribution >= 4 is 5.91 Å². The quantitative estimate of drug-likeness (QED) is 0.431. The lowest BCUT2D eigenvalue weighted by molar-refractivity contribution is -0.126. The van der Waals surface area contributed by atoms with Crippen molar-refractivity contribution in [1.82, 2.24) is 10.3 Å². The highest BCUT2D eigenvalue weighted by Gasteiger charge is 2.31. The first kappa shape index (κ1) is 13.5. The minimum Gasteiger partial charge on any atom is -0.300 e. The molecule has 0 bridgehead atoms. The van der Waals surface area contributed by atoms with Crippen molar-refractivity contribution in [1.29, 1.82) is 0 Å². The molecular weight excluding hydrogens is 202 g/mol. The van der Waals surface area contributed by atoms with E-state index >= 15 is 0 Å². The molecule has 0 radical (unpaired) electrons. The van der Waals surface area contributed by atoms with Crippen LogP contribution in [0.2, 0.25) is 0 Å². The van der Waals surface area contributed by atoms with Gasteiger partial charge in [0.05, 0.1) is 5.92 Å². The molecule has 94 valence electrons. The first-order valence-electron chi connectivity index (χ1n) is 6.12. The molecule has 2 unspecified atom stereocenters. The second-order valence-electron chi connectivity index (χ2n) is 5.74. The molecule has 2 atom stereocenters. The summed E-state index contributed by atoms with van der Waals surface area (Å²) in [5, 5.41) is 0. The molecule has 1 aliphatic rings. The van der Waals surface area contributed by atoms with Crippen LogP contribution in [0, 0.1) is 11.3 Å². The third-order valence-electron chi connectivity index (χ3n) is 4.01. The van der Waals surface area contributed by atoms with E-state index in [1.165, 1.54) is 12.8 Å². The second-order valence-corrected chi connectivity index (χ2v) is 5.74. The van der Waals surface area contributed by atoms with Crippen molar-refractivity contribution in [2.24, 2.45) is 17.2 Å². The number of nitrogens with two attached hydrogens (primary N) is 1. The van der Waals surface area contributed by atoms with Gasteiger partial charge < -0.3 is 0 Å². The number of carbonyl (C=O) groups is 1. The summed E-state index contributed by atoms with van der Waals surface area (Å²) in [5.41, 5.74) is 2.69. The van der Waals surface area contributed by atoms with Gasteiger partial charge in [0.15, 0.2) is 0 Å². The number of carbonyl (C=O) groups excluding carboxylic acids is 1. The van der Waals surface area contributed by atoms with Gasteiger partial charge in [0, 0.05) is 6.04 Å². The molecule has 1 amide bonds. The molecule has 0 aliphatic carbocycles. The van der Waals surface area contributed by atoms with E-state index in [2.05, 4.69) is 31.1 Å². The summed E-state index contributed by atoms with van der Waals surface area (Å²) in [4.78, 5) is 13.9. The summed E-state index contributed by atoms with van der Waals surface area (Å²) < 4.78 is 0. The van der Waals surface area contributed by atoms with Crippen LogP contribution in [0.5, 0.6) is 0 Å². The molecule has 0 aromatic heterocycles. The predicted molar refractivity (Wildman–Crippen MR) is 65.5 cm³/mol. The third kappa shape index (κ3) is 3.19. The number of likely N-dealkylation sites (tertiary alicyclic amines) is 1. The highest BCUT2D eigenvalue weighted by Crippen LogP contribution is 2.31. The fraction of sp³-hybridized carbons (Fsp3) is 0.917. The van der Waals surface area contributed by atoms with E-state index in [4.69, 9.17) is 5.84 Å². The number of nitrogens with one attached hydrogen (secondary N) is 1. The van der Waals surface area contributed by atoms with Gasteiger partial charge in [-0.25, -0.2) is 5.84 Å². The zero-order chi connectivity index (χ0) is 12.3. The minimum atomic E-state index is -0.0719. The Morgan fingerprint density at radius 1 is 1.31 bits per heavy atom. The number of hydrogen-bond donors (Lipinski definition) is 2. The number of rotatable bonds is 3. The Labute approximate surface area is 98.5 Å². The Balaban J connectivity index is 2.50. The van der Waals surface area contributed by atoms with E-state index in [1.54, 1.807) is 0 Å². The van der Waals surface area contributed by atoms with Gasteiger partial charge in [0.2, 0.25) is 5.91 Å². The number of amides is 1. The van der Waals surface area contributed by atoms with Crippen LogP contribution in [0.15, 0.2) is 0 Å². The molecule has 1 saturated heterocycles. The number of piperidine rings is 1. The summed E-state index contributed by atoms with van der Waals surface area (Å²) in [6.45, 7) is 10.8. The van der Waals surface area contributed by atoms with Crippen LogP contribution in [0.25, 0.3) is 0 Å². The van der Waals surface area contributed by atoms with Gasteiger partial charge in [0.25, 0.3) is 0 Å². The Morgan fingerprint density at radius 2 is 1.81 bits per heavy atom. The van der Waals surface area contributed by atoms with E-state index in [1.807, 2.05) is 6.92 Å². The van der Waals surface area contributed by atoms with Gasteiger partial charge in [0.1, 0.15) is 0 Å². The van der Waals surface area contributed by atoms with Crippen molar-refractivity contribution in [2.75, 3.05) is 13.1 Å². The topological polar surface area (TPSA) is 58.4 Å². The molecule has 16 heavy (non-hydrogen) atoms. The van der Waals surface area contributed by atoms with Crippen molar-refractivity contribution in [3.05, 3.63) is 0 Å². The van der Waals surface area contributed by atoms with Crippen LogP contribution in [0.3, 0.4) is 0 Å². The van der Waals surface area contributed by atoms with Crippen molar-refractivity contribution < 1.29 is 4.79 Å². The largest absolute Gasteiger partial charge is 0.300 e. The average molecular weight is 227 g/mol. The molecule has 3 N–H and O–H groups in total. The molecule has 1 aliphatic heterocycles. The predicted octanol–water partition coefficient (Wildman–Crippen LogP) is 1.12. The Kier molecular flexibility index (Phi) is 4.33. The SMILES string of the molecule is CC(C(=O)NN)C(C)N1CCC(C)(C)CC1. The minimum absolute atomic E-state index is 0.0498. The van der Waals surface area contributed by atoms with E-state index in [0.29, 0.717) is 5.41 Å². The molecule has 0 aromatic rings. The van der Waals surface area contributed by atoms with Crippen molar-refractivity contribution in [3.63, 3.8) is 0 Å². The van der Waals surface area contributed by atoms with E-state index in [0.717, 1.165) is 13.1 Å². The summed E-state index contributed by atoms with van der Waals surface area (Å²) in [7, 11) is 0. The fourth-order valence-corrected chi connectivity index (χ4v) is 2.20. The Morgan fingerprint density at radius 3 is 2.25 bits per heavy atom. The monoisotopic (exact) mass is 227 g/mol. The van der Waals surface area contributed by atoms with Gasteiger partial charge >= 0.3 is 0 Å². The summed E-state index contributed by atoms with van der Waals surface area (Å²) >= 11 is 0. The lowest BCUT2D eigenvalue weighted by Crippen LogP contribution is -2.49. The summed E-state index contributed by atoms with van der Waals surface area (Å²) in [6.07, 6.45) is 2.41. The number of nitrogens with zero attached hydrogens (tertiary/aromatic N) is 1. The molecule has 0 spiro atoms. The molecule has 0 saturated carbocycles. The van der Waals surface area contributed by atoms with Crippen LogP contribution in [0.1, 0.15) is 40.5 Å². The second kappa shape index (κ2) is 5.15. The molecule has 1 fully saturated rings. The van der Waals surface area contributed by atoms with E-state index in [-0.39, 0.29) is 17.9 Å². The van der Waals surface area contributed by atoms with E-state index in [9.17, 15) is 4.79 Å². The first-order valence-corrected chi connectivity index (χ1v) is 6.12. The molecular formula is C12H25N3O. The molecule has 4 nitrogen and oxygen atoms in total. The van der Waals surface area contributed by atoms with Crippen LogP contribution < -0.4 is 11.3 Å². The van der Waals surface area contributed by atoms with Crippen LogP contribution in [0.4, 0.5) is 0 Å². The number of hydrazine groups is 1. The van der Waals surface area contributed by atoms with Gasteiger partial charge in [-0.1, -0.05) is 20.8 Å². The van der Waals surface area contributed by atoms with Crippen LogP contribution in [-0.4, -0.2) is 29.9 Å². The van der Waals surface area contributed by atoms with Gasteiger partial charge in [-0.05, 0) is 38.3 Å². The van der Waals surface area contributed by atoms with Crippen LogP contribution in [-0.2, 0) is 4.79 Å². The van der Waals surface area contributed by atoms with E-state index < -0.39 is 0 Å². The third-order valence-corrected chi connectivity index (χ3v) is 4.01. The smallest absolute Gasteiger partial charge is 0.238 e. The zero-order valence-corrected chi connectivity index (χ0v) is 10.9. The maximum absolute atomic E-state index is 11.5. The maximum Gasteiger partial charge on any atom is 0.238 e. The van der Waals surface area contributed by atoms with Crippen molar-refractivity contribution in [3.8, 4) is 0 Å². The van der Waals surface area contributed by atoms with Gasteiger partial charge in [-0.15, -0.1) is 0 Å². The van der Waals surface area contributed by atoms with Crippen LogP contribution >= 0.6 is 0 Å². The Hall–Kier alpha value is -0.610. The highest BCUT2D eigenvalue weighted by molar-refractivity contribution is 5.78. The molecule has 4 heteroatoms. The maximum atomic E-state index is 11.5. The molecule has 1 rings (SSSR count). The zero-order valence-electron chi connectivity index (χ0n) is 10.9. The first-order chi connectivity index (χ1) is 7.37. The summed E-state index contributed by atoms with van der Waals surface area (Å²) in [5.74, 6) is 5.04. The molecule has 1 heterocycles. The Bertz CT molecular complexity index is 243. The average Bonchev–Trinajstić information content (AvgIpc) is 2.26. The molecule has 0 aromatic carbocycles. The number of hydrogen-bond acceptors (Lipinski definition) is 3. The normalized spacial score (nSPS) is 24.8. The summed E-state index contributed by atoms with van der Waals surface area (Å²) in [6, 6.07) is 0.264. The lowest BCUT2D eigenvalue weighted by atomic mass is 9.81.